The van der Waals surface area contributed by atoms with Gasteiger partial charge in [-0.2, -0.15) is 0 Å². The molecule has 7 heteroatoms. The van der Waals surface area contributed by atoms with E-state index in [4.69, 9.17) is 9.47 Å². The summed E-state index contributed by atoms with van der Waals surface area (Å²) in [5, 5.41) is 5.74. The van der Waals surface area contributed by atoms with Crippen molar-refractivity contribution in [2.75, 3.05) is 11.9 Å². The van der Waals surface area contributed by atoms with Crippen LogP contribution in [0.2, 0.25) is 0 Å². The van der Waals surface area contributed by atoms with E-state index in [2.05, 4.69) is 57.5 Å². The molecule has 3 aromatic rings. The largest absolute Gasteiger partial charge is 0.449 e. The first-order chi connectivity index (χ1) is 17.0. The number of rotatable bonds is 5. The van der Waals surface area contributed by atoms with Crippen molar-refractivity contribution >= 4 is 40.5 Å². The Hall–Kier alpha value is -3.07. The molecule has 0 heterocycles. The lowest BCUT2D eigenvalue weighted by molar-refractivity contribution is 0.0635. The van der Waals surface area contributed by atoms with Gasteiger partial charge in [0.25, 0.3) is 0 Å². The average Bonchev–Trinajstić information content (AvgIpc) is 3.14. The molecule has 0 atom stereocenters. The standard InChI is InChI=1S/C29H31IN2O4/c1-17-19(14-25(30)18(2)26(17)32-28(34)36-29(3,4)5)15-31-27(33)35-16-24-22-12-8-6-10-20(22)21-11-7-9-13-23(21)24/h6-14,24H,15-16H2,1-5H3,(H,31,33)(H,32,34). The fourth-order valence-corrected chi connectivity index (χ4v) is 5.17. The summed E-state index contributed by atoms with van der Waals surface area (Å²) in [6.45, 7) is 9.88. The van der Waals surface area contributed by atoms with Gasteiger partial charge in [-0.25, -0.2) is 9.59 Å². The summed E-state index contributed by atoms with van der Waals surface area (Å²) in [6.07, 6.45) is -0.986. The van der Waals surface area contributed by atoms with E-state index in [-0.39, 0.29) is 19.1 Å². The van der Waals surface area contributed by atoms with Crippen LogP contribution < -0.4 is 10.6 Å². The van der Waals surface area contributed by atoms with Crippen LogP contribution in [0.5, 0.6) is 0 Å². The van der Waals surface area contributed by atoms with Crippen LogP contribution in [0, 0.1) is 17.4 Å². The van der Waals surface area contributed by atoms with E-state index in [0.717, 1.165) is 20.3 Å². The summed E-state index contributed by atoms with van der Waals surface area (Å²) in [6, 6.07) is 18.5. The van der Waals surface area contributed by atoms with Gasteiger partial charge in [0.05, 0.1) is 5.69 Å². The van der Waals surface area contributed by atoms with Crippen LogP contribution in [-0.4, -0.2) is 24.4 Å². The number of ether oxygens (including phenoxy) is 2. The number of carbonyl (C=O) groups excluding carboxylic acids is 2. The second-order valence-electron chi connectivity index (χ2n) is 9.95. The number of fused-ring (bicyclic) bond motifs is 3. The number of hydrogen-bond donors (Lipinski definition) is 2. The van der Waals surface area contributed by atoms with Crippen molar-refractivity contribution in [3.05, 3.63) is 86.0 Å². The Bertz CT molecular complexity index is 1270. The van der Waals surface area contributed by atoms with Gasteiger partial charge in [-0.05, 0) is 102 Å². The highest BCUT2D eigenvalue weighted by Crippen LogP contribution is 2.44. The minimum Gasteiger partial charge on any atom is -0.449 e. The molecular formula is C29H31IN2O4. The Morgan fingerprint density at radius 1 is 0.917 bits per heavy atom. The first kappa shape index (κ1) is 26.0. The zero-order chi connectivity index (χ0) is 26.0. The topological polar surface area (TPSA) is 76.7 Å². The molecule has 0 saturated carbocycles. The molecule has 0 aromatic heterocycles. The minimum absolute atomic E-state index is 0.00911. The van der Waals surface area contributed by atoms with Gasteiger partial charge in [0.2, 0.25) is 0 Å². The highest BCUT2D eigenvalue weighted by molar-refractivity contribution is 14.1. The van der Waals surface area contributed by atoms with Gasteiger partial charge in [0.15, 0.2) is 0 Å². The van der Waals surface area contributed by atoms with Crippen molar-refractivity contribution in [3.63, 3.8) is 0 Å². The normalized spacial score (nSPS) is 12.5. The second kappa shape index (κ2) is 10.5. The van der Waals surface area contributed by atoms with E-state index < -0.39 is 17.8 Å². The van der Waals surface area contributed by atoms with Gasteiger partial charge < -0.3 is 14.8 Å². The van der Waals surface area contributed by atoms with Crippen molar-refractivity contribution in [2.45, 2.75) is 52.7 Å². The molecule has 4 rings (SSSR count). The molecule has 2 amide bonds. The number of nitrogens with one attached hydrogen (secondary N) is 2. The predicted octanol–water partition coefficient (Wildman–Crippen LogP) is 7.29. The minimum atomic E-state index is -0.595. The fraction of sp³-hybridized carbons (Fsp3) is 0.310. The molecule has 1 aliphatic carbocycles. The van der Waals surface area contributed by atoms with Gasteiger partial charge in [0.1, 0.15) is 12.2 Å². The summed E-state index contributed by atoms with van der Waals surface area (Å²) in [7, 11) is 0. The fourth-order valence-electron chi connectivity index (χ4n) is 4.52. The van der Waals surface area contributed by atoms with Crippen LogP contribution in [0.15, 0.2) is 54.6 Å². The summed E-state index contributed by atoms with van der Waals surface area (Å²) < 4.78 is 12.1. The van der Waals surface area contributed by atoms with Gasteiger partial charge in [-0.3, -0.25) is 5.32 Å². The molecule has 6 nitrogen and oxygen atoms in total. The van der Waals surface area contributed by atoms with Crippen molar-refractivity contribution < 1.29 is 19.1 Å². The molecule has 0 fully saturated rings. The third-order valence-corrected chi connectivity index (χ3v) is 7.40. The molecule has 188 valence electrons. The van der Waals surface area contributed by atoms with E-state index in [9.17, 15) is 9.59 Å². The van der Waals surface area contributed by atoms with Crippen molar-refractivity contribution in [1.82, 2.24) is 5.32 Å². The third kappa shape index (κ3) is 5.67. The number of hydrogen-bond acceptors (Lipinski definition) is 4. The summed E-state index contributed by atoms with van der Waals surface area (Å²) in [4.78, 5) is 25.0. The lowest BCUT2D eigenvalue weighted by Crippen LogP contribution is -2.28. The maximum absolute atomic E-state index is 12.7. The molecule has 3 aromatic carbocycles. The molecule has 0 unspecified atom stereocenters. The summed E-state index contributed by atoms with van der Waals surface area (Å²) >= 11 is 2.23. The number of anilines is 1. The number of amides is 2. The van der Waals surface area contributed by atoms with Crippen LogP contribution >= 0.6 is 22.6 Å². The number of carbonyl (C=O) groups is 2. The van der Waals surface area contributed by atoms with Crippen molar-refractivity contribution in [1.29, 1.82) is 0 Å². The molecule has 0 bridgehead atoms. The summed E-state index contributed by atoms with van der Waals surface area (Å²) in [5.41, 5.74) is 7.55. The quantitative estimate of drug-likeness (QED) is 0.303. The molecular weight excluding hydrogens is 567 g/mol. The molecule has 0 aliphatic heterocycles. The molecule has 0 saturated heterocycles. The zero-order valence-corrected chi connectivity index (χ0v) is 23.4. The highest BCUT2D eigenvalue weighted by atomic mass is 127. The van der Waals surface area contributed by atoms with E-state index in [1.165, 1.54) is 22.3 Å². The Kier molecular flexibility index (Phi) is 7.59. The third-order valence-electron chi connectivity index (χ3n) is 6.28. The summed E-state index contributed by atoms with van der Waals surface area (Å²) in [5.74, 6) is 0.00911. The number of halogens is 1. The van der Waals surface area contributed by atoms with E-state index >= 15 is 0 Å². The molecule has 0 radical (unpaired) electrons. The number of alkyl carbamates (subject to hydrolysis) is 1. The molecule has 1 aliphatic rings. The van der Waals surface area contributed by atoms with Crippen LogP contribution in [0.4, 0.5) is 15.3 Å². The van der Waals surface area contributed by atoms with Crippen LogP contribution in [0.25, 0.3) is 11.1 Å². The zero-order valence-electron chi connectivity index (χ0n) is 21.2. The first-order valence-electron chi connectivity index (χ1n) is 11.9. The predicted molar refractivity (Wildman–Crippen MR) is 150 cm³/mol. The Morgan fingerprint density at radius 3 is 2.08 bits per heavy atom. The van der Waals surface area contributed by atoms with E-state index in [1.54, 1.807) is 0 Å². The molecule has 36 heavy (non-hydrogen) atoms. The monoisotopic (exact) mass is 598 g/mol. The maximum atomic E-state index is 12.7. The maximum Gasteiger partial charge on any atom is 0.412 e. The molecule has 0 spiro atoms. The van der Waals surface area contributed by atoms with Gasteiger partial charge in [-0.1, -0.05) is 48.5 Å². The average molecular weight is 598 g/mol. The SMILES string of the molecule is Cc1c(I)cc(CNC(=O)OCC2c3ccccc3-c3ccccc32)c(C)c1NC(=O)OC(C)(C)C. The first-order valence-corrected chi connectivity index (χ1v) is 13.0. The lowest BCUT2D eigenvalue weighted by atomic mass is 9.98. The second-order valence-corrected chi connectivity index (χ2v) is 11.1. The van der Waals surface area contributed by atoms with Gasteiger partial charge in [-0.15, -0.1) is 0 Å². The van der Waals surface area contributed by atoms with Gasteiger partial charge in [0, 0.05) is 16.0 Å². The van der Waals surface area contributed by atoms with Gasteiger partial charge >= 0.3 is 12.2 Å². The van der Waals surface area contributed by atoms with Crippen LogP contribution in [-0.2, 0) is 16.0 Å². The Labute approximate surface area is 225 Å². The van der Waals surface area contributed by atoms with Crippen molar-refractivity contribution in [2.24, 2.45) is 0 Å². The highest BCUT2D eigenvalue weighted by Gasteiger charge is 2.29. The Morgan fingerprint density at radius 2 is 1.50 bits per heavy atom. The smallest absolute Gasteiger partial charge is 0.412 e. The van der Waals surface area contributed by atoms with Crippen LogP contribution in [0.3, 0.4) is 0 Å². The van der Waals surface area contributed by atoms with E-state index in [0.29, 0.717) is 5.69 Å². The Balaban J connectivity index is 1.42. The van der Waals surface area contributed by atoms with Crippen molar-refractivity contribution in [3.8, 4) is 11.1 Å². The van der Waals surface area contributed by atoms with E-state index in [1.807, 2.05) is 65.0 Å². The lowest BCUT2D eigenvalue weighted by Gasteiger charge is -2.22. The number of benzene rings is 3. The van der Waals surface area contributed by atoms with Crippen LogP contribution in [0.1, 0.15) is 54.5 Å². The molecule has 2 N–H and O–H groups in total.